The summed E-state index contributed by atoms with van der Waals surface area (Å²) in [6.45, 7) is 0. The van der Waals surface area contributed by atoms with Crippen LogP contribution in [0.3, 0.4) is 0 Å². The summed E-state index contributed by atoms with van der Waals surface area (Å²) in [5, 5.41) is 4.82. The van der Waals surface area contributed by atoms with Crippen LogP contribution in [0.4, 0.5) is 14.5 Å². The molecule has 4 nitrogen and oxygen atoms in total. The first-order valence-corrected chi connectivity index (χ1v) is 5.11. The number of hydrogen-bond donors (Lipinski definition) is 2. The minimum atomic E-state index is -0.768. The molecule has 6 heteroatoms. The van der Waals surface area contributed by atoms with E-state index in [1.807, 2.05) is 0 Å². The lowest BCUT2D eigenvalue weighted by Crippen LogP contribution is -2.37. The summed E-state index contributed by atoms with van der Waals surface area (Å²) in [4.78, 5) is 22.5. The fraction of sp³-hybridized carbons (Fsp3) is 0.273. The van der Waals surface area contributed by atoms with Crippen molar-refractivity contribution in [1.82, 2.24) is 5.32 Å². The van der Waals surface area contributed by atoms with Gasteiger partial charge in [-0.15, -0.1) is 0 Å². The van der Waals surface area contributed by atoms with Crippen molar-refractivity contribution in [2.75, 3.05) is 5.32 Å². The zero-order valence-corrected chi connectivity index (χ0v) is 8.80. The van der Waals surface area contributed by atoms with E-state index in [1.165, 1.54) is 0 Å². The Kier molecular flexibility index (Phi) is 3.03. The van der Waals surface area contributed by atoms with Gasteiger partial charge in [-0.1, -0.05) is 0 Å². The van der Waals surface area contributed by atoms with Gasteiger partial charge in [0, 0.05) is 18.2 Å². The van der Waals surface area contributed by atoms with Crippen LogP contribution in [0.25, 0.3) is 0 Å². The van der Waals surface area contributed by atoms with Gasteiger partial charge in [0.2, 0.25) is 11.8 Å². The summed E-state index contributed by atoms with van der Waals surface area (Å²) < 4.78 is 25.7. The lowest BCUT2D eigenvalue weighted by Gasteiger charge is -2.10. The van der Waals surface area contributed by atoms with Crippen LogP contribution in [0.1, 0.15) is 12.8 Å². The second-order valence-corrected chi connectivity index (χ2v) is 3.81. The predicted molar refractivity (Wildman–Crippen MR) is 56.2 cm³/mol. The molecule has 1 heterocycles. The van der Waals surface area contributed by atoms with Crippen molar-refractivity contribution in [3.05, 3.63) is 29.8 Å². The molecule has 0 spiro atoms. The normalized spacial score (nSPS) is 18.9. The predicted octanol–water partition coefficient (Wildman–Crippen LogP) is 1.18. The van der Waals surface area contributed by atoms with Gasteiger partial charge in [-0.2, -0.15) is 0 Å². The third kappa shape index (κ3) is 2.77. The van der Waals surface area contributed by atoms with E-state index in [2.05, 4.69) is 10.6 Å². The molecule has 2 rings (SSSR count). The summed E-state index contributed by atoms with van der Waals surface area (Å²) in [6.07, 6.45) is 0.679. The lowest BCUT2D eigenvalue weighted by atomic mass is 10.2. The number of rotatable bonds is 2. The van der Waals surface area contributed by atoms with Crippen LogP contribution < -0.4 is 10.6 Å². The fourth-order valence-electron chi connectivity index (χ4n) is 1.67. The molecule has 0 aliphatic carbocycles. The van der Waals surface area contributed by atoms with E-state index >= 15 is 0 Å². The first kappa shape index (κ1) is 11.5. The number of hydrogen-bond acceptors (Lipinski definition) is 2. The Morgan fingerprint density at radius 1 is 1.29 bits per heavy atom. The van der Waals surface area contributed by atoms with Crippen LogP contribution in [0.2, 0.25) is 0 Å². The number of amides is 2. The molecule has 90 valence electrons. The number of benzene rings is 1. The average Bonchev–Trinajstić information content (AvgIpc) is 2.63. The largest absolute Gasteiger partial charge is 0.344 e. The van der Waals surface area contributed by atoms with E-state index in [-0.39, 0.29) is 18.0 Å². The monoisotopic (exact) mass is 240 g/mol. The van der Waals surface area contributed by atoms with Gasteiger partial charge in [0.15, 0.2) is 0 Å². The van der Waals surface area contributed by atoms with Crippen molar-refractivity contribution >= 4 is 17.5 Å². The molecule has 2 amide bonds. The van der Waals surface area contributed by atoms with Gasteiger partial charge in [0.1, 0.15) is 17.7 Å². The molecule has 1 fully saturated rings. The minimum absolute atomic E-state index is 0.0358. The van der Waals surface area contributed by atoms with Gasteiger partial charge < -0.3 is 10.6 Å². The van der Waals surface area contributed by atoms with Crippen LogP contribution >= 0.6 is 0 Å². The summed E-state index contributed by atoms with van der Waals surface area (Å²) in [7, 11) is 0. The second-order valence-electron chi connectivity index (χ2n) is 3.81. The number of nitrogens with one attached hydrogen (secondary N) is 2. The molecule has 2 N–H and O–H groups in total. The molecule has 1 aromatic carbocycles. The van der Waals surface area contributed by atoms with E-state index in [1.54, 1.807) is 0 Å². The van der Waals surface area contributed by atoms with Crippen LogP contribution in [0.15, 0.2) is 18.2 Å². The highest BCUT2D eigenvalue weighted by atomic mass is 19.1. The van der Waals surface area contributed by atoms with Gasteiger partial charge in [0.05, 0.1) is 0 Å². The molecule has 0 saturated carbocycles. The summed E-state index contributed by atoms with van der Waals surface area (Å²) in [6, 6.07) is 2.11. The van der Waals surface area contributed by atoms with Crippen molar-refractivity contribution in [2.45, 2.75) is 18.9 Å². The molecule has 1 saturated heterocycles. The van der Waals surface area contributed by atoms with E-state index in [0.717, 1.165) is 12.1 Å². The van der Waals surface area contributed by atoms with Gasteiger partial charge in [-0.05, 0) is 18.6 Å². The Morgan fingerprint density at radius 2 is 1.94 bits per heavy atom. The highest BCUT2D eigenvalue weighted by Crippen LogP contribution is 2.15. The maximum absolute atomic E-state index is 12.9. The average molecular weight is 240 g/mol. The van der Waals surface area contributed by atoms with E-state index in [9.17, 15) is 18.4 Å². The summed E-state index contributed by atoms with van der Waals surface area (Å²) in [5.41, 5.74) is 0.0358. The Balaban J connectivity index is 2.05. The summed E-state index contributed by atoms with van der Waals surface area (Å²) in [5.74, 6) is -2.21. The van der Waals surface area contributed by atoms with Gasteiger partial charge in [-0.25, -0.2) is 8.78 Å². The maximum Gasteiger partial charge on any atom is 0.246 e. The molecular weight excluding hydrogens is 230 g/mol. The molecule has 1 aromatic rings. The third-order valence-electron chi connectivity index (χ3n) is 2.44. The Labute approximate surface area is 96.0 Å². The quantitative estimate of drug-likeness (QED) is 0.815. The van der Waals surface area contributed by atoms with Crippen molar-refractivity contribution in [2.24, 2.45) is 0 Å². The Morgan fingerprint density at radius 3 is 2.47 bits per heavy atom. The van der Waals surface area contributed by atoms with Crippen LogP contribution in [0, 0.1) is 11.6 Å². The smallest absolute Gasteiger partial charge is 0.246 e. The first-order chi connectivity index (χ1) is 8.04. The molecule has 1 aliphatic heterocycles. The minimum Gasteiger partial charge on any atom is -0.344 e. The van der Waals surface area contributed by atoms with E-state index in [4.69, 9.17) is 0 Å². The fourth-order valence-corrected chi connectivity index (χ4v) is 1.67. The lowest BCUT2D eigenvalue weighted by molar-refractivity contribution is -0.122. The van der Waals surface area contributed by atoms with Gasteiger partial charge in [0.25, 0.3) is 0 Å². The van der Waals surface area contributed by atoms with Crippen molar-refractivity contribution in [1.29, 1.82) is 0 Å². The molecule has 0 unspecified atom stereocenters. The molecule has 1 atom stereocenters. The van der Waals surface area contributed by atoms with Gasteiger partial charge >= 0.3 is 0 Å². The van der Waals surface area contributed by atoms with Crippen molar-refractivity contribution in [3.63, 3.8) is 0 Å². The first-order valence-electron chi connectivity index (χ1n) is 5.11. The highest BCUT2D eigenvalue weighted by molar-refractivity contribution is 5.98. The number of anilines is 1. The van der Waals surface area contributed by atoms with Crippen molar-refractivity contribution < 1.29 is 18.4 Å². The molecule has 0 radical (unpaired) electrons. The molecule has 17 heavy (non-hydrogen) atoms. The van der Waals surface area contributed by atoms with E-state index < -0.39 is 23.6 Å². The Hall–Kier alpha value is -1.98. The summed E-state index contributed by atoms with van der Waals surface area (Å²) >= 11 is 0. The molecule has 0 bridgehead atoms. The number of halogens is 2. The second kappa shape index (κ2) is 4.48. The zero-order valence-electron chi connectivity index (χ0n) is 8.80. The van der Waals surface area contributed by atoms with Crippen molar-refractivity contribution in [3.8, 4) is 0 Å². The van der Waals surface area contributed by atoms with Crippen LogP contribution in [-0.4, -0.2) is 17.9 Å². The topological polar surface area (TPSA) is 58.2 Å². The third-order valence-corrected chi connectivity index (χ3v) is 2.44. The van der Waals surface area contributed by atoms with Crippen LogP contribution in [0.5, 0.6) is 0 Å². The Bertz CT molecular complexity index is 456. The number of carbonyl (C=O) groups excluding carboxylic acids is 2. The van der Waals surface area contributed by atoms with Gasteiger partial charge in [-0.3, -0.25) is 9.59 Å². The standard InChI is InChI=1S/C11H10F2N2O2/c12-6-3-7(13)5-8(4-6)14-11(17)9-1-2-10(16)15-9/h3-5,9H,1-2H2,(H,14,17)(H,15,16)/t9-/m0/s1. The highest BCUT2D eigenvalue weighted by Gasteiger charge is 2.27. The van der Waals surface area contributed by atoms with E-state index in [0.29, 0.717) is 12.5 Å². The molecule has 1 aliphatic rings. The van der Waals surface area contributed by atoms with Crippen LogP contribution in [-0.2, 0) is 9.59 Å². The SMILES string of the molecule is O=C1CC[C@@H](C(=O)Nc2cc(F)cc(F)c2)N1. The zero-order chi connectivity index (χ0) is 12.4. The number of carbonyl (C=O) groups is 2. The maximum atomic E-state index is 12.9. The molecule has 0 aromatic heterocycles. The molecular formula is C11H10F2N2O2.